The standard InChI is InChI=1S/C11H21N3O2/c1-5-8(12)6-14-9(15)11(4,7(2)3)13-10(14)16/h7-8H,5-6,12H2,1-4H3,(H,13,16). The second-order valence-electron chi connectivity index (χ2n) is 4.87. The van der Waals surface area contributed by atoms with Crippen molar-refractivity contribution in [3.05, 3.63) is 0 Å². The molecule has 1 rings (SSSR count). The maximum Gasteiger partial charge on any atom is 0.325 e. The Hall–Kier alpha value is -1.10. The zero-order chi connectivity index (χ0) is 12.5. The third kappa shape index (κ3) is 2.04. The van der Waals surface area contributed by atoms with Crippen molar-refractivity contribution in [3.8, 4) is 0 Å². The van der Waals surface area contributed by atoms with Crippen LogP contribution in [0.3, 0.4) is 0 Å². The molecule has 0 saturated carbocycles. The van der Waals surface area contributed by atoms with Gasteiger partial charge in [0.1, 0.15) is 5.54 Å². The third-order valence-corrected chi connectivity index (χ3v) is 3.40. The van der Waals surface area contributed by atoms with Gasteiger partial charge in [-0.3, -0.25) is 9.69 Å². The molecule has 92 valence electrons. The van der Waals surface area contributed by atoms with Crippen LogP contribution < -0.4 is 11.1 Å². The van der Waals surface area contributed by atoms with Gasteiger partial charge in [-0.25, -0.2) is 4.79 Å². The molecule has 1 aliphatic rings. The van der Waals surface area contributed by atoms with Gasteiger partial charge in [0, 0.05) is 12.6 Å². The summed E-state index contributed by atoms with van der Waals surface area (Å²) in [6.45, 7) is 7.83. The second kappa shape index (κ2) is 4.41. The van der Waals surface area contributed by atoms with Crippen LogP contribution in [0.4, 0.5) is 4.79 Å². The lowest BCUT2D eigenvalue weighted by molar-refractivity contribution is -0.132. The summed E-state index contributed by atoms with van der Waals surface area (Å²) in [5.41, 5.74) is 4.98. The summed E-state index contributed by atoms with van der Waals surface area (Å²) in [7, 11) is 0. The van der Waals surface area contributed by atoms with Crippen LogP contribution in [0.1, 0.15) is 34.1 Å². The van der Waals surface area contributed by atoms with Gasteiger partial charge in [0.25, 0.3) is 5.91 Å². The molecule has 1 fully saturated rings. The van der Waals surface area contributed by atoms with Crippen molar-refractivity contribution < 1.29 is 9.59 Å². The maximum atomic E-state index is 12.1. The molecule has 1 aliphatic heterocycles. The van der Waals surface area contributed by atoms with Crippen molar-refractivity contribution >= 4 is 11.9 Å². The molecule has 0 aromatic rings. The highest BCUT2D eigenvalue weighted by Crippen LogP contribution is 2.25. The van der Waals surface area contributed by atoms with Crippen LogP contribution in [0.25, 0.3) is 0 Å². The van der Waals surface area contributed by atoms with E-state index in [4.69, 9.17) is 5.73 Å². The zero-order valence-corrected chi connectivity index (χ0v) is 10.4. The van der Waals surface area contributed by atoms with Gasteiger partial charge in [-0.15, -0.1) is 0 Å². The van der Waals surface area contributed by atoms with E-state index in [1.807, 2.05) is 20.8 Å². The normalized spacial score (nSPS) is 27.5. The van der Waals surface area contributed by atoms with Gasteiger partial charge in [-0.05, 0) is 19.3 Å². The number of carbonyl (C=O) groups is 2. The number of nitrogens with one attached hydrogen (secondary N) is 1. The molecule has 1 saturated heterocycles. The fourth-order valence-corrected chi connectivity index (χ4v) is 1.64. The molecule has 5 heteroatoms. The third-order valence-electron chi connectivity index (χ3n) is 3.40. The molecular formula is C11H21N3O2. The Morgan fingerprint density at radius 1 is 1.44 bits per heavy atom. The molecule has 5 nitrogen and oxygen atoms in total. The van der Waals surface area contributed by atoms with Gasteiger partial charge < -0.3 is 11.1 Å². The van der Waals surface area contributed by atoms with Crippen molar-refractivity contribution in [2.24, 2.45) is 11.7 Å². The highest BCUT2D eigenvalue weighted by Gasteiger charge is 2.49. The zero-order valence-electron chi connectivity index (χ0n) is 10.4. The number of urea groups is 1. The summed E-state index contributed by atoms with van der Waals surface area (Å²) >= 11 is 0. The second-order valence-corrected chi connectivity index (χ2v) is 4.87. The van der Waals surface area contributed by atoms with Gasteiger partial charge in [-0.1, -0.05) is 20.8 Å². The summed E-state index contributed by atoms with van der Waals surface area (Å²) in [4.78, 5) is 25.0. The number of rotatable bonds is 4. The minimum absolute atomic E-state index is 0.0619. The predicted octanol–water partition coefficient (Wildman–Crippen LogP) is 0.690. The molecule has 0 radical (unpaired) electrons. The van der Waals surface area contributed by atoms with Crippen LogP contribution >= 0.6 is 0 Å². The van der Waals surface area contributed by atoms with E-state index in [1.165, 1.54) is 4.90 Å². The summed E-state index contributed by atoms with van der Waals surface area (Å²) in [6.07, 6.45) is 0.745. The molecular weight excluding hydrogens is 206 g/mol. The fraction of sp³-hybridized carbons (Fsp3) is 0.818. The molecule has 0 aromatic carbocycles. The van der Waals surface area contributed by atoms with E-state index < -0.39 is 5.54 Å². The topological polar surface area (TPSA) is 75.4 Å². The van der Waals surface area contributed by atoms with Gasteiger partial charge in [0.15, 0.2) is 0 Å². The first-order valence-electron chi connectivity index (χ1n) is 5.72. The van der Waals surface area contributed by atoms with Crippen molar-refractivity contribution in [1.29, 1.82) is 0 Å². The van der Waals surface area contributed by atoms with E-state index in [1.54, 1.807) is 6.92 Å². The lowest BCUT2D eigenvalue weighted by Crippen LogP contribution is -2.49. The maximum absolute atomic E-state index is 12.1. The number of carbonyl (C=O) groups excluding carboxylic acids is 2. The molecule has 0 aliphatic carbocycles. The van der Waals surface area contributed by atoms with Crippen LogP contribution in [-0.4, -0.2) is 35.0 Å². The molecule has 0 spiro atoms. The largest absolute Gasteiger partial charge is 0.326 e. The first kappa shape index (κ1) is 13.0. The molecule has 0 aromatic heterocycles. The van der Waals surface area contributed by atoms with Gasteiger partial charge >= 0.3 is 6.03 Å². The van der Waals surface area contributed by atoms with Crippen LogP contribution in [-0.2, 0) is 4.79 Å². The minimum Gasteiger partial charge on any atom is -0.326 e. The highest BCUT2D eigenvalue weighted by atomic mass is 16.2. The fourth-order valence-electron chi connectivity index (χ4n) is 1.64. The average molecular weight is 227 g/mol. The highest BCUT2D eigenvalue weighted by molar-refractivity contribution is 6.07. The number of hydrogen-bond acceptors (Lipinski definition) is 3. The Morgan fingerprint density at radius 2 is 2.00 bits per heavy atom. The van der Waals surface area contributed by atoms with Gasteiger partial charge in [-0.2, -0.15) is 0 Å². The monoisotopic (exact) mass is 227 g/mol. The summed E-state index contributed by atoms with van der Waals surface area (Å²) in [5, 5.41) is 2.74. The molecule has 1 heterocycles. The number of nitrogens with zero attached hydrogens (tertiary/aromatic N) is 1. The average Bonchev–Trinajstić information content (AvgIpc) is 2.43. The molecule has 16 heavy (non-hydrogen) atoms. The Kier molecular flexibility index (Phi) is 3.57. The van der Waals surface area contributed by atoms with E-state index in [0.717, 1.165) is 6.42 Å². The Labute approximate surface area is 96.4 Å². The summed E-state index contributed by atoms with van der Waals surface area (Å²) in [6, 6.07) is -0.477. The van der Waals surface area contributed by atoms with E-state index in [2.05, 4.69) is 5.32 Å². The molecule has 2 atom stereocenters. The first-order chi connectivity index (χ1) is 7.32. The number of amides is 3. The SMILES string of the molecule is CCC(N)CN1C(=O)NC(C)(C(C)C)C1=O. The minimum atomic E-state index is -0.787. The number of imide groups is 1. The quantitative estimate of drug-likeness (QED) is 0.694. The Bertz CT molecular complexity index is 304. The van der Waals surface area contributed by atoms with E-state index in [9.17, 15) is 9.59 Å². The number of nitrogens with two attached hydrogens (primary N) is 1. The van der Waals surface area contributed by atoms with Gasteiger partial charge in [0.05, 0.1) is 0 Å². The van der Waals surface area contributed by atoms with Crippen LogP contribution in [0.15, 0.2) is 0 Å². The van der Waals surface area contributed by atoms with E-state index >= 15 is 0 Å². The van der Waals surface area contributed by atoms with Crippen LogP contribution in [0, 0.1) is 5.92 Å². The number of hydrogen-bond donors (Lipinski definition) is 2. The van der Waals surface area contributed by atoms with Crippen molar-refractivity contribution in [3.63, 3.8) is 0 Å². The van der Waals surface area contributed by atoms with Crippen LogP contribution in [0.5, 0.6) is 0 Å². The molecule has 0 bridgehead atoms. The van der Waals surface area contributed by atoms with Gasteiger partial charge in [0.2, 0.25) is 0 Å². The molecule has 2 unspecified atom stereocenters. The first-order valence-corrected chi connectivity index (χ1v) is 5.72. The van der Waals surface area contributed by atoms with Crippen LogP contribution in [0.2, 0.25) is 0 Å². The molecule has 3 N–H and O–H groups in total. The Morgan fingerprint density at radius 3 is 2.38 bits per heavy atom. The van der Waals surface area contributed by atoms with E-state index in [-0.39, 0.29) is 23.9 Å². The van der Waals surface area contributed by atoms with Crippen molar-refractivity contribution in [2.75, 3.05) is 6.54 Å². The van der Waals surface area contributed by atoms with Crippen molar-refractivity contribution in [2.45, 2.75) is 45.7 Å². The lowest BCUT2D eigenvalue weighted by Gasteiger charge is -2.26. The summed E-state index contributed by atoms with van der Waals surface area (Å²) in [5.74, 6) is -0.108. The summed E-state index contributed by atoms with van der Waals surface area (Å²) < 4.78 is 0. The predicted molar refractivity (Wildman–Crippen MR) is 61.8 cm³/mol. The van der Waals surface area contributed by atoms with E-state index in [0.29, 0.717) is 6.54 Å². The lowest BCUT2D eigenvalue weighted by atomic mass is 9.88. The van der Waals surface area contributed by atoms with Crippen molar-refractivity contribution in [1.82, 2.24) is 10.2 Å². The Balaban J connectivity index is 2.83. The molecule has 3 amide bonds. The smallest absolute Gasteiger partial charge is 0.325 e.